The number of ether oxygens (including phenoxy) is 10. The van der Waals surface area contributed by atoms with E-state index in [-0.39, 0.29) is 25.7 Å². The van der Waals surface area contributed by atoms with Gasteiger partial charge in [-0.3, -0.25) is 4.79 Å². The van der Waals surface area contributed by atoms with Crippen molar-refractivity contribution in [3.8, 4) is 5.75 Å². The van der Waals surface area contributed by atoms with Crippen LogP contribution in [-0.4, -0.2) is 99.8 Å². The molecule has 0 radical (unpaired) electrons. The van der Waals surface area contributed by atoms with E-state index >= 15 is 0 Å². The van der Waals surface area contributed by atoms with E-state index in [9.17, 15) is 9.90 Å². The highest BCUT2D eigenvalue weighted by molar-refractivity contribution is 5.73. The Hall–Kier alpha value is -3.47. The second-order valence-electron chi connectivity index (χ2n) is 12.6. The first kappa shape index (κ1) is 35.0. The van der Waals surface area contributed by atoms with Crippen LogP contribution in [0.5, 0.6) is 5.75 Å². The number of aliphatic hydroxyl groups is 1. The molecule has 0 spiro atoms. The molecule has 4 heterocycles. The molecule has 4 saturated heterocycles. The molecule has 13 nitrogen and oxygen atoms in total. The van der Waals surface area contributed by atoms with Crippen molar-refractivity contribution in [2.24, 2.45) is 0 Å². The average Bonchev–Trinajstić information content (AvgIpc) is 3.15. The van der Waals surface area contributed by atoms with E-state index in [2.05, 4.69) is 5.32 Å². The first-order chi connectivity index (χ1) is 24.4. The van der Waals surface area contributed by atoms with E-state index in [0.29, 0.717) is 5.75 Å². The Bertz CT molecular complexity index is 1530. The highest BCUT2D eigenvalue weighted by Gasteiger charge is 2.56. The van der Waals surface area contributed by atoms with E-state index in [1.54, 1.807) is 7.11 Å². The molecular weight excluding hydrogens is 650 g/mol. The van der Waals surface area contributed by atoms with Gasteiger partial charge in [0.1, 0.15) is 54.5 Å². The van der Waals surface area contributed by atoms with Crippen molar-refractivity contribution in [3.05, 3.63) is 102 Å². The molecule has 7 rings (SSSR count). The normalized spacial score (nSPS) is 35.4. The van der Waals surface area contributed by atoms with Crippen molar-refractivity contribution in [2.75, 3.05) is 27.4 Å². The van der Waals surface area contributed by atoms with Gasteiger partial charge in [-0.25, -0.2) is 0 Å². The second kappa shape index (κ2) is 15.8. The summed E-state index contributed by atoms with van der Waals surface area (Å²) in [6.45, 7) is 1.91. The summed E-state index contributed by atoms with van der Waals surface area (Å²) >= 11 is 0. The number of carbonyl (C=O) groups is 1. The Labute approximate surface area is 290 Å². The van der Waals surface area contributed by atoms with Crippen LogP contribution in [0.25, 0.3) is 0 Å². The van der Waals surface area contributed by atoms with Crippen LogP contribution >= 0.6 is 0 Å². The summed E-state index contributed by atoms with van der Waals surface area (Å²) in [5.41, 5.74) is 2.51. The number of rotatable bonds is 10. The lowest BCUT2D eigenvalue weighted by Gasteiger charge is -2.52. The summed E-state index contributed by atoms with van der Waals surface area (Å²) in [5, 5.41) is 14.9. The fourth-order valence-corrected chi connectivity index (χ4v) is 6.82. The molecule has 0 bridgehead atoms. The molecule has 1 amide bonds. The molecule has 4 aliphatic rings. The third-order valence-corrected chi connectivity index (χ3v) is 9.28. The average molecular weight is 694 g/mol. The smallest absolute Gasteiger partial charge is 0.217 e. The lowest BCUT2D eigenvalue weighted by atomic mass is 9.94. The Morgan fingerprint density at radius 1 is 0.760 bits per heavy atom. The lowest BCUT2D eigenvalue weighted by molar-refractivity contribution is -0.396. The quantitative estimate of drug-likeness (QED) is 0.322. The molecule has 3 aromatic rings. The SMILES string of the molecule is COc1ccc([C@H]2OC[C@H]3O[C@H](OC)[C@H](NC(C)=O)[C@@H](O[C@@H]4O[C@@H]5CO[C@H](c6ccccc6)O[C@@H]5[C@H](OCc5ccccc5)[C@H]4O)[C@H]3O2)cc1. The monoisotopic (exact) mass is 693 g/mol. The van der Waals surface area contributed by atoms with Crippen molar-refractivity contribution in [2.45, 2.75) is 87.5 Å². The number of nitrogens with one attached hydrogen (secondary N) is 1. The van der Waals surface area contributed by atoms with Crippen LogP contribution in [0.4, 0.5) is 0 Å². The van der Waals surface area contributed by atoms with Crippen LogP contribution < -0.4 is 10.1 Å². The molecule has 3 aromatic carbocycles. The summed E-state index contributed by atoms with van der Waals surface area (Å²) in [6.07, 6.45) is -9.44. The molecule has 268 valence electrons. The molecule has 12 atom stereocenters. The second-order valence-corrected chi connectivity index (χ2v) is 12.6. The van der Waals surface area contributed by atoms with Crippen molar-refractivity contribution in [1.29, 1.82) is 0 Å². The number of hydrogen-bond acceptors (Lipinski definition) is 12. The fourth-order valence-electron chi connectivity index (χ4n) is 6.82. The summed E-state index contributed by atoms with van der Waals surface area (Å²) in [7, 11) is 3.07. The number of aliphatic hydroxyl groups excluding tert-OH is 1. The highest BCUT2D eigenvalue weighted by atomic mass is 16.8. The first-order valence-corrected chi connectivity index (χ1v) is 16.7. The maximum Gasteiger partial charge on any atom is 0.217 e. The molecule has 4 fully saturated rings. The predicted molar refractivity (Wildman–Crippen MR) is 174 cm³/mol. The largest absolute Gasteiger partial charge is 0.497 e. The summed E-state index contributed by atoms with van der Waals surface area (Å²) in [6, 6.07) is 25.7. The van der Waals surface area contributed by atoms with Crippen LogP contribution in [0.1, 0.15) is 36.2 Å². The topological polar surface area (TPSA) is 142 Å². The Balaban J connectivity index is 1.16. The van der Waals surface area contributed by atoms with E-state index in [1.807, 2.05) is 84.9 Å². The van der Waals surface area contributed by atoms with Gasteiger partial charge < -0.3 is 57.8 Å². The van der Waals surface area contributed by atoms with Gasteiger partial charge in [-0.15, -0.1) is 0 Å². The standard InChI is InChI=1S/C37H43NO12/c1-21(39)38-28-32(30-26(46-36(28)42-3)19-45-35(48-30)24-14-16-25(41-2)17-15-24)50-37-29(40)33(43-18-22-10-6-4-7-11-22)31-27(47-37)20-44-34(49-31)23-12-8-5-9-13-23/h4-17,26-37,40H,18-20H2,1-3H3,(H,38,39)/t26-,27-,28-,29-,30+,31+,32-,33-,34+,35+,36+,37+/m1/s1. The summed E-state index contributed by atoms with van der Waals surface area (Å²) in [4.78, 5) is 12.5. The van der Waals surface area contributed by atoms with Gasteiger partial charge in [-0.05, 0) is 17.7 Å². The van der Waals surface area contributed by atoms with E-state index in [0.717, 1.165) is 16.7 Å². The molecule has 2 N–H and O–H groups in total. The number of carbonyl (C=O) groups excluding carboxylic acids is 1. The maximum atomic E-state index is 12.5. The zero-order valence-corrected chi connectivity index (χ0v) is 28.1. The van der Waals surface area contributed by atoms with Gasteiger partial charge in [0, 0.05) is 25.2 Å². The van der Waals surface area contributed by atoms with Crippen molar-refractivity contribution in [3.63, 3.8) is 0 Å². The number of hydrogen-bond donors (Lipinski definition) is 2. The molecular formula is C37H43NO12. The molecule has 0 aromatic heterocycles. The third-order valence-electron chi connectivity index (χ3n) is 9.28. The fraction of sp³-hybridized carbons (Fsp3) is 0.486. The van der Waals surface area contributed by atoms with Gasteiger partial charge in [-0.1, -0.05) is 72.8 Å². The van der Waals surface area contributed by atoms with Gasteiger partial charge >= 0.3 is 0 Å². The molecule has 0 unspecified atom stereocenters. The minimum Gasteiger partial charge on any atom is -0.497 e. The minimum absolute atomic E-state index is 0.151. The first-order valence-electron chi connectivity index (χ1n) is 16.7. The van der Waals surface area contributed by atoms with Crippen LogP contribution in [0, 0.1) is 0 Å². The zero-order valence-electron chi connectivity index (χ0n) is 28.1. The maximum absolute atomic E-state index is 12.5. The van der Waals surface area contributed by atoms with Crippen LogP contribution in [-0.2, 0) is 54.0 Å². The zero-order chi connectivity index (χ0) is 34.6. The molecule has 0 saturated carbocycles. The van der Waals surface area contributed by atoms with E-state index < -0.39 is 73.9 Å². The number of benzene rings is 3. The lowest BCUT2D eigenvalue weighted by Crippen LogP contribution is -2.70. The van der Waals surface area contributed by atoms with Crippen LogP contribution in [0.2, 0.25) is 0 Å². The van der Waals surface area contributed by atoms with E-state index in [1.165, 1.54) is 14.0 Å². The van der Waals surface area contributed by atoms with Crippen LogP contribution in [0.3, 0.4) is 0 Å². The Morgan fingerprint density at radius 3 is 1.94 bits per heavy atom. The summed E-state index contributed by atoms with van der Waals surface area (Å²) < 4.78 is 61.8. The van der Waals surface area contributed by atoms with Crippen LogP contribution in [0.15, 0.2) is 84.9 Å². The van der Waals surface area contributed by atoms with E-state index in [4.69, 9.17) is 47.4 Å². The molecule has 4 aliphatic heterocycles. The van der Waals surface area contributed by atoms with Gasteiger partial charge in [0.05, 0.1) is 26.9 Å². The molecule has 0 aliphatic carbocycles. The van der Waals surface area contributed by atoms with Gasteiger partial charge in [0.25, 0.3) is 0 Å². The van der Waals surface area contributed by atoms with Crippen molar-refractivity contribution in [1.82, 2.24) is 5.32 Å². The van der Waals surface area contributed by atoms with Gasteiger partial charge in [0.2, 0.25) is 5.91 Å². The highest BCUT2D eigenvalue weighted by Crippen LogP contribution is 2.40. The molecule has 13 heteroatoms. The number of fused-ring (bicyclic) bond motifs is 2. The molecule has 50 heavy (non-hydrogen) atoms. The number of amides is 1. The summed E-state index contributed by atoms with van der Waals surface area (Å²) in [5.74, 6) is 0.358. The van der Waals surface area contributed by atoms with Gasteiger partial charge in [-0.2, -0.15) is 0 Å². The third kappa shape index (κ3) is 7.58. The van der Waals surface area contributed by atoms with Crippen molar-refractivity contribution < 1.29 is 57.3 Å². The Kier molecular flexibility index (Phi) is 11.1. The Morgan fingerprint density at radius 2 is 1.34 bits per heavy atom. The number of methoxy groups -OCH3 is 2. The predicted octanol–water partition coefficient (Wildman–Crippen LogP) is 3.16. The van der Waals surface area contributed by atoms with Crippen molar-refractivity contribution >= 4 is 5.91 Å². The minimum atomic E-state index is -1.31. The van der Waals surface area contributed by atoms with Gasteiger partial charge in [0.15, 0.2) is 25.2 Å².